The molecule has 1 atom stereocenters. The molecule has 122 valence electrons. The number of carbonyl (C=O) groups excluding carboxylic acids is 1. The van der Waals surface area contributed by atoms with E-state index >= 15 is 0 Å². The molecule has 3 aromatic rings. The van der Waals surface area contributed by atoms with Crippen molar-refractivity contribution in [2.45, 2.75) is 25.6 Å². The summed E-state index contributed by atoms with van der Waals surface area (Å²) in [7, 11) is 0. The number of benzene rings is 1. The van der Waals surface area contributed by atoms with Gasteiger partial charge in [0.15, 0.2) is 0 Å². The summed E-state index contributed by atoms with van der Waals surface area (Å²) in [6.07, 6.45) is -1.73. The Labute approximate surface area is 136 Å². The molecule has 0 saturated carbocycles. The average molecular weight is 390 g/mol. The Bertz CT molecular complexity index is 829. The molecule has 0 spiro atoms. The zero-order valence-electron chi connectivity index (χ0n) is 11.8. The van der Waals surface area contributed by atoms with Gasteiger partial charge in [-0.2, -0.15) is 13.2 Å². The van der Waals surface area contributed by atoms with Crippen LogP contribution >= 0.6 is 15.9 Å². The number of rotatable bonds is 3. The van der Waals surface area contributed by atoms with E-state index in [0.29, 0.717) is 16.7 Å². The van der Waals surface area contributed by atoms with Crippen molar-refractivity contribution in [3.05, 3.63) is 34.7 Å². The van der Waals surface area contributed by atoms with Crippen LogP contribution < -0.4 is 5.32 Å². The van der Waals surface area contributed by atoms with Crippen LogP contribution in [0.15, 0.2) is 38.0 Å². The number of alkyl halides is 3. The zero-order valence-corrected chi connectivity index (χ0v) is 13.4. The Kier molecular flexibility index (Phi) is 3.87. The third kappa shape index (κ3) is 2.83. The number of hydrogen-bond donors (Lipinski definition) is 1. The van der Waals surface area contributed by atoms with E-state index in [2.05, 4.69) is 15.9 Å². The highest BCUT2D eigenvalue weighted by molar-refractivity contribution is 9.10. The number of fused-ring (bicyclic) bond motifs is 2. The molecule has 0 unspecified atom stereocenters. The first-order chi connectivity index (χ1) is 10.8. The molecular formula is C15H11BrF3NO3. The maximum Gasteiger partial charge on any atom is 0.471 e. The highest BCUT2D eigenvalue weighted by atomic mass is 79.9. The lowest BCUT2D eigenvalue weighted by Crippen LogP contribution is -2.42. The number of carbonyl (C=O) groups is 1. The lowest BCUT2D eigenvalue weighted by molar-refractivity contribution is -0.174. The molecule has 4 nitrogen and oxygen atoms in total. The van der Waals surface area contributed by atoms with Gasteiger partial charge in [-0.15, -0.1) is 0 Å². The number of hydrogen-bond acceptors (Lipinski definition) is 3. The maximum absolute atomic E-state index is 12.4. The van der Waals surface area contributed by atoms with Gasteiger partial charge in [-0.1, -0.05) is 0 Å². The van der Waals surface area contributed by atoms with Crippen molar-refractivity contribution in [2.75, 3.05) is 0 Å². The summed E-state index contributed by atoms with van der Waals surface area (Å²) in [5, 5.41) is 3.44. The van der Waals surface area contributed by atoms with Crippen molar-refractivity contribution >= 4 is 43.8 Å². The fourth-order valence-corrected chi connectivity index (χ4v) is 3.16. The third-order valence-corrected chi connectivity index (χ3v) is 4.30. The quantitative estimate of drug-likeness (QED) is 0.714. The van der Waals surface area contributed by atoms with Crippen LogP contribution in [0.2, 0.25) is 0 Å². The largest absolute Gasteiger partial charge is 0.471 e. The number of nitrogens with one attached hydrogen (secondary N) is 1. The van der Waals surface area contributed by atoms with Gasteiger partial charge in [0.05, 0.1) is 17.0 Å². The van der Waals surface area contributed by atoms with E-state index in [4.69, 9.17) is 8.83 Å². The van der Waals surface area contributed by atoms with Gasteiger partial charge in [0.2, 0.25) is 0 Å². The third-order valence-electron chi connectivity index (χ3n) is 3.51. The Balaban J connectivity index is 1.98. The van der Waals surface area contributed by atoms with Gasteiger partial charge in [0.25, 0.3) is 0 Å². The van der Waals surface area contributed by atoms with Crippen molar-refractivity contribution in [1.82, 2.24) is 5.32 Å². The van der Waals surface area contributed by atoms with E-state index < -0.39 is 18.1 Å². The Morgan fingerprint density at radius 2 is 1.83 bits per heavy atom. The van der Waals surface area contributed by atoms with Gasteiger partial charge in [-0.3, -0.25) is 4.79 Å². The molecule has 0 fully saturated rings. The zero-order chi connectivity index (χ0) is 16.8. The summed E-state index contributed by atoms with van der Waals surface area (Å²) >= 11 is 3.44. The van der Waals surface area contributed by atoms with E-state index in [-0.39, 0.29) is 6.42 Å². The molecule has 1 aromatic carbocycles. The van der Waals surface area contributed by atoms with Crippen LogP contribution in [-0.2, 0) is 11.2 Å². The van der Waals surface area contributed by atoms with Crippen LogP contribution in [-0.4, -0.2) is 18.1 Å². The van der Waals surface area contributed by atoms with Gasteiger partial charge < -0.3 is 14.2 Å². The molecule has 1 amide bonds. The smallest absolute Gasteiger partial charge is 0.464 e. The summed E-state index contributed by atoms with van der Waals surface area (Å²) in [4.78, 5) is 11.1. The van der Waals surface area contributed by atoms with Crippen LogP contribution in [0.1, 0.15) is 12.5 Å². The van der Waals surface area contributed by atoms with Gasteiger partial charge in [-0.25, -0.2) is 0 Å². The van der Waals surface area contributed by atoms with Gasteiger partial charge in [0, 0.05) is 22.4 Å². The molecular weight excluding hydrogens is 379 g/mol. The molecule has 3 rings (SSSR count). The second kappa shape index (κ2) is 5.59. The molecule has 23 heavy (non-hydrogen) atoms. The predicted molar refractivity (Wildman–Crippen MR) is 81.0 cm³/mol. The minimum absolute atomic E-state index is 0.176. The minimum atomic E-state index is -4.90. The summed E-state index contributed by atoms with van der Waals surface area (Å²) in [5.74, 6) is -1.96. The molecule has 0 bridgehead atoms. The Hall–Kier alpha value is -1.96. The SMILES string of the molecule is C[C@H](Cc1c2ccoc2c(Br)c2ccoc12)NC(=O)C(F)(F)F. The standard InChI is InChI=1S/C15H11BrF3NO3/c1-7(20-14(21)15(17,18)19)6-10-8-2-4-23-13(8)11(16)9-3-5-22-12(9)10/h2-5,7H,6H2,1H3,(H,20,21)/t7-/m1/s1. The minimum Gasteiger partial charge on any atom is -0.464 e. The second-order valence-electron chi connectivity index (χ2n) is 5.20. The molecule has 2 aromatic heterocycles. The van der Waals surface area contributed by atoms with Crippen molar-refractivity contribution in [3.63, 3.8) is 0 Å². The van der Waals surface area contributed by atoms with Crippen molar-refractivity contribution in [1.29, 1.82) is 0 Å². The van der Waals surface area contributed by atoms with E-state index in [9.17, 15) is 18.0 Å². The number of halogens is 4. The maximum atomic E-state index is 12.4. The Morgan fingerprint density at radius 3 is 2.48 bits per heavy atom. The highest BCUT2D eigenvalue weighted by Crippen LogP contribution is 2.38. The summed E-state index contributed by atoms with van der Waals surface area (Å²) in [5.41, 5.74) is 1.83. The lowest BCUT2D eigenvalue weighted by Gasteiger charge is -2.16. The molecule has 0 saturated heterocycles. The van der Waals surface area contributed by atoms with Crippen molar-refractivity contribution in [2.24, 2.45) is 0 Å². The summed E-state index contributed by atoms with van der Waals surface area (Å²) < 4.78 is 48.7. The van der Waals surface area contributed by atoms with Crippen LogP contribution in [0.5, 0.6) is 0 Å². The molecule has 1 N–H and O–H groups in total. The fraction of sp³-hybridized carbons (Fsp3) is 0.267. The first-order valence-corrected chi connectivity index (χ1v) is 7.50. The molecule has 0 aliphatic carbocycles. The number of amides is 1. The van der Waals surface area contributed by atoms with Crippen LogP contribution in [0.3, 0.4) is 0 Å². The van der Waals surface area contributed by atoms with Gasteiger partial charge in [0.1, 0.15) is 11.2 Å². The van der Waals surface area contributed by atoms with E-state index in [0.717, 1.165) is 15.2 Å². The molecule has 0 aliphatic rings. The molecule has 0 radical (unpaired) electrons. The van der Waals surface area contributed by atoms with Crippen LogP contribution in [0.4, 0.5) is 13.2 Å². The molecule has 8 heteroatoms. The average Bonchev–Trinajstić information content (AvgIpc) is 3.11. The van der Waals surface area contributed by atoms with Gasteiger partial charge >= 0.3 is 12.1 Å². The Morgan fingerprint density at radius 1 is 1.22 bits per heavy atom. The normalized spacial score (nSPS) is 13.6. The highest BCUT2D eigenvalue weighted by Gasteiger charge is 2.39. The summed E-state index contributed by atoms with van der Waals surface area (Å²) in [6, 6.07) is 2.73. The topological polar surface area (TPSA) is 55.4 Å². The molecule has 0 aliphatic heterocycles. The first kappa shape index (κ1) is 15.9. The van der Waals surface area contributed by atoms with E-state index in [1.165, 1.54) is 19.5 Å². The molecule has 2 heterocycles. The lowest BCUT2D eigenvalue weighted by atomic mass is 10.0. The van der Waals surface area contributed by atoms with E-state index in [1.807, 2.05) is 5.32 Å². The fourth-order valence-electron chi connectivity index (χ4n) is 2.54. The van der Waals surface area contributed by atoms with Crippen molar-refractivity contribution in [3.8, 4) is 0 Å². The van der Waals surface area contributed by atoms with E-state index in [1.54, 1.807) is 12.1 Å². The predicted octanol–water partition coefficient (Wildman–Crippen LogP) is 4.55. The first-order valence-electron chi connectivity index (χ1n) is 6.71. The number of furan rings is 2. The van der Waals surface area contributed by atoms with Crippen LogP contribution in [0, 0.1) is 0 Å². The second-order valence-corrected chi connectivity index (χ2v) is 5.99. The monoisotopic (exact) mass is 389 g/mol. The van der Waals surface area contributed by atoms with Gasteiger partial charge in [-0.05, 0) is 41.4 Å². The summed E-state index contributed by atoms with van der Waals surface area (Å²) in [6.45, 7) is 1.51. The van der Waals surface area contributed by atoms with Crippen molar-refractivity contribution < 1.29 is 26.8 Å². The van der Waals surface area contributed by atoms with Crippen LogP contribution in [0.25, 0.3) is 21.9 Å².